The van der Waals surface area contributed by atoms with Crippen molar-refractivity contribution in [2.45, 2.75) is 6.54 Å². The second kappa shape index (κ2) is 7.21. The smallest absolute Gasteiger partial charge is 0.190 e. The summed E-state index contributed by atoms with van der Waals surface area (Å²) in [6.45, 7) is 0.632. The van der Waals surface area contributed by atoms with Gasteiger partial charge in [0.15, 0.2) is 4.80 Å². The average Bonchev–Trinajstić information content (AvgIpc) is 2.92. The van der Waals surface area contributed by atoms with Crippen molar-refractivity contribution in [2.24, 2.45) is 4.99 Å². The predicted molar refractivity (Wildman–Crippen MR) is 99.2 cm³/mol. The first-order chi connectivity index (χ1) is 10.8. The summed E-state index contributed by atoms with van der Waals surface area (Å²) in [5, 5.41) is 11.5. The molecule has 0 aliphatic heterocycles. The number of benzene rings is 2. The van der Waals surface area contributed by atoms with Crippen molar-refractivity contribution in [3.63, 3.8) is 0 Å². The Hall–Kier alpha value is -1.44. The molecule has 0 aliphatic carbocycles. The van der Waals surface area contributed by atoms with E-state index >= 15 is 0 Å². The van der Waals surface area contributed by atoms with Gasteiger partial charge in [-0.05, 0) is 52.4 Å². The third kappa shape index (κ3) is 3.48. The molecule has 2 aromatic carbocycles. The van der Waals surface area contributed by atoms with E-state index in [-0.39, 0.29) is 6.61 Å². The molecule has 3 nitrogen and oxygen atoms in total. The zero-order valence-corrected chi connectivity index (χ0v) is 14.8. The van der Waals surface area contributed by atoms with Crippen LogP contribution in [0.15, 0.2) is 65.0 Å². The number of para-hydroxylation sites is 1. The van der Waals surface area contributed by atoms with Crippen LogP contribution >= 0.6 is 33.9 Å². The zero-order chi connectivity index (χ0) is 15.4. The highest BCUT2D eigenvalue weighted by molar-refractivity contribution is 14.1. The second-order valence-electron chi connectivity index (χ2n) is 4.73. The van der Waals surface area contributed by atoms with Gasteiger partial charge in [0.1, 0.15) is 0 Å². The standard InChI is InChI=1S/C17H15IN2OS/c18-14-8-6-13(7-9-14)16-12-22-17(20(16)10-11-21)19-15-4-2-1-3-5-15/h1-9,12,21H,10-11H2. The molecule has 112 valence electrons. The van der Waals surface area contributed by atoms with Gasteiger partial charge in [-0.25, -0.2) is 4.99 Å². The number of aliphatic hydroxyl groups is 1. The first-order valence-corrected chi connectivity index (χ1v) is 8.88. The Balaban J connectivity index is 2.09. The van der Waals surface area contributed by atoms with E-state index in [0.717, 1.165) is 21.7 Å². The lowest BCUT2D eigenvalue weighted by atomic mass is 10.2. The molecule has 3 rings (SSSR count). The number of hydrogen-bond donors (Lipinski definition) is 1. The summed E-state index contributed by atoms with van der Waals surface area (Å²) in [6.07, 6.45) is 0. The number of nitrogens with zero attached hydrogens (tertiary/aromatic N) is 2. The summed E-state index contributed by atoms with van der Waals surface area (Å²) in [6, 6.07) is 18.3. The van der Waals surface area contributed by atoms with E-state index in [1.165, 1.54) is 3.57 Å². The minimum Gasteiger partial charge on any atom is -0.395 e. The average molecular weight is 422 g/mol. The van der Waals surface area contributed by atoms with Gasteiger partial charge < -0.3 is 9.67 Å². The summed E-state index contributed by atoms with van der Waals surface area (Å²) < 4.78 is 3.28. The van der Waals surface area contributed by atoms with Crippen LogP contribution in [0, 0.1) is 3.57 Å². The predicted octanol–water partition coefficient (Wildman–Crippen LogP) is 4.05. The van der Waals surface area contributed by atoms with Crippen LogP contribution in [0.2, 0.25) is 0 Å². The van der Waals surface area contributed by atoms with Crippen molar-refractivity contribution in [1.82, 2.24) is 4.57 Å². The third-order valence-electron chi connectivity index (χ3n) is 3.24. The van der Waals surface area contributed by atoms with Gasteiger partial charge in [0.2, 0.25) is 0 Å². The van der Waals surface area contributed by atoms with E-state index in [1.807, 2.05) is 30.3 Å². The van der Waals surface area contributed by atoms with Crippen molar-refractivity contribution < 1.29 is 5.11 Å². The molecule has 0 unspecified atom stereocenters. The van der Waals surface area contributed by atoms with Gasteiger partial charge in [0.25, 0.3) is 0 Å². The Morgan fingerprint density at radius 1 is 1.05 bits per heavy atom. The summed E-state index contributed by atoms with van der Waals surface area (Å²) in [5.74, 6) is 0. The summed E-state index contributed by atoms with van der Waals surface area (Å²) in [5.41, 5.74) is 3.15. The minimum atomic E-state index is 0.0933. The van der Waals surface area contributed by atoms with E-state index < -0.39 is 0 Å². The second-order valence-corrected chi connectivity index (χ2v) is 6.82. The molecule has 0 fully saturated rings. The molecule has 1 N–H and O–H groups in total. The Morgan fingerprint density at radius 3 is 2.45 bits per heavy atom. The van der Waals surface area contributed by atoms with Crippen LogP contribution in [-0.4, -0.2) is 16.3 Å². The van der Waals surface area contributed by atoms with E-state index in [2.05, 4.69) is 56.8 Å². The SMILES string of the molecule is OCCn1c(-c2ccc(I)cc2)csc1=Nc1ccccc1. The van der Waals surface area contributed by atoms with Crippen LogP contribution in [0.25, 0.3) is 11.3 Å². The van der Waals surface area contributed by atoms with Gasteiger partial charge in [-0.15, -0.1) is 11.3 Å². The van der Waals surface area contributed by atoms with Crippen molar-refractivity contribution in [3.8, 4) is 11.3 Å². The maximum absolute atomic E-state index is 9.38. The Bertz CT molecular complexity index is 807. The topological polar surface area (TPSA) is 37.5 Å². The van der Waals surface area contributed by atoms with Crippen LogP contribution < -0.4 is 4.80 Å². The van der Waals surface area contributed by atoms with Crippen LogP contribution in [-0.2, 0) is 6.54 Å². The van der Waals surface area contributed by atoms with Gasteiger partial charge in [0, 0.05) is 15.5 Å². The summed E-state index contributed by atoms with van der Waals surface area (Å²) in [7, 11) is 0. The number of rotatable bonds is 4. The first-order valence-electron chi connectivity index (χ1n) is 6.93. The Morgan fingerprint density at radius 2 is 1.77 bits per heavy atom. The minimum absolute atomic E-state index is 0.0933. The summed E-state index contributed by atoms with van der Waals surface area (Å²) in [4.78, 5) is 5.59. The maximum Gasteiger partial charge on any atom is 0.190 e. The van der Waals surface area contributed by atoms with Gasteiger partial charge in [0.05, 0.1) is 18.0 Å². The molecule has 0 saturated carbocycles. The van der Waals surface area contributed by atoms with Crippen LogP contribution in [0.1, 0.15) is 0 Å². The molecule has 0 saturated heterocycles. The maximum atomic E-state index is 9.38. The van der Waals surface area contributed by atoms with Gasteiger partial charge in [-0.2, -0.15) is 0 Å². The van der Waals surface area contributed by atoms with Crippen molar-refractivity contribution in [2.75, 3.05) is 6.61 Å². The quantitative estimate of drug-likeness (QED) is 0.634. The molecule has 0 spiro atoms. The molecule has 5 heteroatoms. The van der Waals surface area contributed by atoms with Crippen LogP contribution in [0.4, 0.5) is 5.69 Å². The lowest BCUT2D eigenvalue weighted by Gasteiger charge is -2.07. The molecule has 22 heavy (non-hydrogen) atoms. The van der Waals surface area contributed by atoms with Crippen LogP contribution in [0.3, 0.4) is 0 Å². The lowest BCUT2D eigenvalue weighted by molar-refractivity contribution is 0.275. The fourth-order valence-corrected chi connectivity index (χ4v) is 3.51. The molecule has 0 bridgehead atoms. The molecular weight excluding hydrogens is 407 g/mol. The molecule has 0 aliphatic rings. The molecule has 1 heterocycles. The van der Waals surface area contributed by atoms with Gasteiger partial charge in [-0.3, -0.25) is 0 Å². The molecule has 0 atom stereocenters. The fraction of sp³-hybridized carbons (Fsp3) is 0.118. The van der Waals surface area contributed by atoms with E-state index in [9.17, 15) is 5.11 Å². The fourth-order valence-electron chi connectivity index (χ4n) is 2.20. The number of aliphatic hydroxyl groups excluding tert-OH is 1. The molecule has 1 aromatic heterocycles. The van der Waals surface area contributed by atoms with E-state index in [4.69, 9.17) is 4.99 Å². The largest absolute Gasteiger partial charge is 0.395 e. The van der Waals surface area contributed by atoms with E-state index in [1.54, 1.807) is 11.3 Å². The number of thiazole rings is 1. The van der Waals surface area contributed by atoms with Crippen molar-refractivity contribution in [3.05, 3.63) is 68.3 Å². The van der Waals surface area contributed by atoms with E-state index in [0.29, 0.717) is 6.54 Å². The molecule has 0 amide bonds. The molecule has 0 radical (unpaired) electrons. The zero-order valence-electron chi connectivity index (χ0n) is 11.8. The highest BCUT2D eigenvalue weighted by Gasteiger charge is 2.07. The monoisotopic (exact) mass is 422 g/mol. The highest BCUT2D eigenvalue weighted by atomic mass is 127. The first kappa shape index (κ1) is 15.5. The van der Waals surface area contributed by atoms with Crippen molar-refractivity contribution >= 4 is 39.6 Å². The lowest BCUT2D eigenvalue weighted by Crippen LogP contribution is -2.17. The van der Waals surface area contributed by atoms with Gasteiger partial charge in [-0.1, -0.05) is 30.3 Å². The van der Waals surface area contributed by atoms with Crippen LogP contribution in [0.5, 0.6) is 0 Å². The Kier molecular flexibility index (Phi) is 5.07. The third-order valence-corrected chi connectivity index (χ3v) is 4.82. The summed E-state index contributed by atoms with van der Waals surface area (Å²) >= 11 is 3.89. The van der Waals surface area contributed by atoms with Crippen molar-refractivity contribution in [1.29, 1.82) is 0 Å². The molecule has 3 aromatic rings. The molecular formula is C17H15IN2OS. The van der Waals surface area contributed by atoms with Gasteiger partial charge >= 0.3 is 0 Å². The highest BCUT2D eigenvalue weighted by Crippen LogP contribution is 2.22. The number of aromatic nitrogens is 1. The number of hydrogen-bond acceptors (Lipinski definition) is 3. The Labute approximate surface area is 146 Å². The normalized spacial score (nSPS) is 11.8. The number of halogens is 1.